The van der Waals surface area contributed by atoms with Gasteiger partial charge in [-0.15, -0.1) is 0 Å². The van der Waals surface area contributed by atoms with E-state index in [4.69, 9.17) is 0 Å². The zero-order valence-electron chi connectivity index (χ0n) is 4.94. The maximum Gasteiger partial charge on any atom is 0.366 e. The summed E-state index contributed by atoms with van der Waals surface area (Å²) in [7, 11) is 0. The minimum absolute atomic E-state index is 1.10. The summed E-state index contributed by atoms with van der Waals surface area (Å²) in [6, 6.07) is 0. The van der Waals surface area contributed by atoms with Crippen LogP contribution in [-0.4, -0.2) is 19.0 Å². The summed E-state index contributed by atoms with van der Waals surface area (Å²) in [5, 5.41) is 0. The highest BCUT2D eigenvalue weighted by molar-refractivity contribution is 5.85. The largest absolute Gasteiger partial charge is 0.454 e. The second-order valence-corrected chi connectivity index (χ2v) is 1.39. The quantitative estimate of drug-likeness (QED) is 0.452. The van der Waals surface area contributed by atoms with E-state index in [1.165, 1.54) is 0 Å². The monoisotopic (exact) mass is 154 g/mol. The molecule has 0 aliphatic carbocycles. The van der Waals surface area contributed by atoms with Gasteiger partial charge in [-0.3, -0.25) is 0 Å². The van der Waals surface area contributed by atoms with Crippen molar-refractivity contribution in [3.63, 3.8) is 0 Å². The third-order valence-electron chi connectivity index (χ3n) is 0.562. The zero-order valence-corrected chi connectivity index (χ0v) is 4.94. The molecule has 58 valence electrons. The molecule has 0 bridgehead atoms. The summed E-state index contributed by atoms with van der Waals surface area (Å²) in [5.74, 6) is -2.82. The Morgan fingerprint density at radius 1 is 1.60 bits per heavy atom. The lowest BCUT2D eigenvalue weighted by Crippen LogP contribution is -2.10. The molecule has 0 aromatic heterocycles. The molecular formula is C5H5F3O2. The van der Waals surface area contributed by atoms with E-state index in [1.807, 2.05) is 0 Å². The highest BCUT2D eigenvalue weighted by atomic mass is 19.3. The van der Waals surface area contributed by atoms with Crippen LogP contribution in [0, 0.1) is 0 Å². The van der Waals surface area contributed by atoms with Crippen LogP contribution in [0.4, 0.5) is 13.2 Å². The second kappa shape index (κ2) is 3.92. The fraction of sp³-hybridized carbons (Fsp3) is 0.400. The van der Waals surface area contributed by atoms with Crippen molar-refractivity contribution in [1.82, 2.24) is 0 Å². The number of hydrogen-bond donors (Lipinski definition) is 0. The summed E-state index contributed by atoms with van der Waals surface area (Å²) in [6.45, 7) is 1.45. The van der Waals surface area contributed by atoms with E-state index in [0.29, 0.717) is 0 Å². The van der Waals surface area contributed by atoms with Gasteiger partial charge in [0.05, 0.1) is 0 Å². The number of rotatable bonds is 3. The predicted molar refractivity (Wildman–Crippen MR) is 27.2 cm³/mol. The number of carbonyl (C=O) groups excluding carboxylic acids is 1. The van der Waals surface area contributed by atoms with Gasteiger partial charge in [0, 0.05) is 0 Å². The van der Waals surface area contributed by atoms with Crippen LogP contribution in [0.2, 0.25) is 0 Å². The van der Waals surface area contributed by atoms with E-state index in [1.54, 1.807) is 0 Å². The van der Waals surface area contributed by atoms with Crippen molar-refractivity contribution in [2.24, 2.45) is 0 Å². The topological polar surface area (TPSA) is 26.3 Å². The average molecular weight is 154 g/mol. The first kappa shape index (κ1) is 9.00. The minimum Gasteiger partial charge on any atom is -0.454 e. The van der Waals surface area contributed by atoms with Gasteiger partial charge in [-0.2, -0.15) is 4.39 Å². The molecule has 10 heavy (non-hydrogen) atoms. The summed E-state index contributed by atoms with van der Waals surface area (Å²) in [5.41, 5.74) is 0. The molecule has 0 amide bonds. The molecule has 0 saturated heterocycles. The Balaban J connectivity index is 3.50. The smallest absolute Gasteiger partial charge is 0.366 e. The summed E-state index contributed by atoms with van der Waals surface area (Å²) < 4.78 is 37.8. The van der Waals surface area contributed by atoms with Crippen molar-refractivity contribution in [2.45, 2.75) is 6.43 Å². The molecule has 0 spiro atoms. The van der Waals surface area contributed by atoms with Gasteiger partial charge >= 0.3 is 5.97 Å². The van der Waals surface area contributed by atoms with Gasteiger partial charge < -0.3 is 4.74 Å². The van der Waals surface area contributed by atoms with Crippen molar-refractivity contribution in [3.8, 4) is 0 Å². The minimum atomic E-state index is -2.77. The van der Waals surface area contributed by atoms with Crippen LogP contribution in [0.1, 0.15) is 0 Å². The standard InChI is InChI=1S/C5H5F3O2/c1-3(6)5(9)10-2-4(7)8/h4H,1-2H2. The molecule has 0 aliphatic heterocycles. The maximum absolute atomic E-state index is 11.6. The van der Waals surface area contributed by atoms with Gasteiger partial charge in [0.25, 0.3) is 6.43 Å². The van der Waals surface area contributed by atoms with Crippen LogP contribution in [0.15, 0.2) is 12.4 Å². The maximum atomic E-state index is 11.6. The van der Waals surface area contributed by atoms with Crippen LogP contribution in [0.3, 0.4) is 0 Å². The Morgan fingerprint density at radius 3 is 2.40 bits per heavy atom. The molecule has 0 saturated carbocycles. The second-order valence-electron chi connectivity index (χ2n) is 1.39. The average Bonchev–Trinajstić information content (AvgIpc) is 1.82. The third kappa shape index (κ3) is 3.94. The van der Waals surface area contributed by atoms with Crippen molar-refractivity contribution < 1.29 is 22.7 Å². The number of ether oxygens (including phenoxy) is 1. The SMILES string of the molecule is C=C(F)C(=O)OCC(F)F. The number of alkyl halides is 2. The molecule has 0 fully saturated rings. The number of esters is 1. The molecular weight excluding hydrogens is 149 g/mol. The molecule has 0 atom stereocenters. The fourth-order valence-corrected chi connectivity index (χ4v) is 0.217. The summed E-state index contributed by atoms with van der Waals surface area (Å²) in [6.07, 6.45) is -2.77. The Morgan fingerprint density at radius 2 is 2.10 bits per heavy atom. The summed E-state index contributed by atoms with van der Waals surface area (Å²) >= 11 is 0. The molecule has 0 aliphatic rings. The van der Waals surface area contributed by atoms with E-state index in [0.717, 1.165) is 0 Å². The Labute approximate surface area is 55.3 Å². The van der Waals surface area contributed by atoms with Gasteiger partial charge in [-0.25, -0.2) is 13.6 Å². The first-order chi connectivity index (χ1) is 4.54. The van der Waals surface area contributed by atoms with Crippen LogP contribution in [-0.2, 0) is 9.53 Å². The number of halogens is 3. The van der Waals surface area contributed by atoms with Gasteiger partial charge in [0.2, 0.25) is 5.83 Å². The number of hydrogen-bond acceptors (Lipinski definition) is 2. The van der Waals surface area contributed by atoms with Crippen molar-refractivity contribution >= 4 is 5.97 Å². The Kier molecular flexibility index (Phi) is 3.53. The molecule has 0 radical (unpaired) electrons. The van der Waals surface area contributed by atoms with Gasteiger partial charge in [0.1, 0.15) is 0 Å². The van der Waals surface area contributed by atoms with Crippen LogP contribution in [0.5, 0.6) is 0 Å². The highest BCUT2D eigenvalue weighted by Gasteiger charge is 2.10. The molecule has 0 rings (SSSR count). The van der Waals surface area contributed by atoms with Gasteiger partial charge in [-0.1, -0.05) is 6.58 Å². The molecule has 2 nitrogen and oxygen atoms in total. The third-order valence-corrected chi connectivity index (χ3v) is 0.562. The molecule has 0 aromatic carbocycles. The van der Waals surface area contributed by atoms with E-state index >= 15 is 0 Å². The van der Waals surface area contributed by atoms with Gasteiger partial charge in [-0.05, 0) is 0 Å². The van der Waals surface area contributed by atoms with Crippen LogP contribution < -0.4 is 0 Å². The highest BCUT2D eigenvalue weighted by Crippen LogP contribution is 1.98. The van der Waals surface area contributed by atoms with E-state index < -0.39 is 24.8 Å². The van der Waals surface area contributed by atoms with E-state index in [-0.39, 0.29) is 0 Å². The molecule has 0 aromatic rings. The normalized spacial score (nSPS) is 9.60. The lowest BCUT2D eigenvalue weighted by molar-refractivity contribution is -0.144. The van der Waals surface area contributed by atoms with Crippen molar-refractivity contribution in [2.75, 3.05) is 6.61 Å². The predicted octanol–water partition coefficient (Wildman–Crippen LogP) is 1.28. The Hall–Kier alpha value is -1.00. The summed E-state index contributed by atoms with van der Waals surface area (Å²) in [4.78, 5) is 10.0. The zero-order chi connectivity index (χ0) is 8.15. The van der Waals surface area contributed by atoms with Gasteiger partial charge in [0.15, 0.2) is 6.61 Å². The number of carbonyl (C=O) groups is 1. The van der Waals surface area contributed by atoms with E-state index in [9.17, 15) is 18.0 Å². The first-order valence-electron chi connectivity index (χ1n) is 2.33. The molecule has 0 unspecified atom stereocenters. The molecule has 5 heteroatoms. The van der Waals surface area contributed by atoms with E-state index in [2.05, 4.69) is 11.3 Å². The molecule has 0 heterocycles. The molecule has 0 N–H and O–H groups in total. The fourth-order valence-electron chi connectivity index (χ4n) is 0.217. The Bertz CT molecular complexity index is 144. The van der Waals surface area contributed by atoms with Crippen molar-refractivity contribution in [1.29, 1.82) is 0 Å². The lowest BCUT2D eigenvalue weighted by Gasteiger charge is -1.99. The van der Waals surface area contributed by atoms with Crippen LogP contribution in [0.25, 0.3) is 0 Å². The van der Waals surface area contributed by atoms with Crippen molar-refractivity contribution in [3.05, 3.63) is 12.4 Å². The van der Waals surface area contributed by atoms with Crippen LogP contribution >= 0.6 is 0 Å². The lowest BCUT2D eigenvalue weighted by atomic mass is 10.6. The first-order valence-corrected chi connectivity index (χ1v) is 2.33.